The molecule has 1 aliphatic rings. The number of carbonyl (C=O) groups excluding carboxylic acids is 3. The predicted octanol–water partition coefficient (Wildman–Crippen LogP) is 1.34. The fraction of sp³-hybridized carbons (Fsp3) is 0.143. The zero-order valence-corrected chi connectivity index (χ0v) is 16.5. The second-order valence-electron chi connectivity index (χ2n) is 6.39. The summed E-state index contributed by atoms with van der Waals surface area (Å²) in [7, 11) is 0. The van der Waals surface area contributed by atoms with E-state index in [-0.39, 0.29) is 10.7 Å². The first kappa shape index (κ1) is 20.2. The van der Waals surface area contributed by atoms with Gasteiger partial charge in [0.15, 0.2) is 5.11 Å². The quantitative estimate of drug-likeness (QED) is 0.455. The average Bonchev–Trinajstić information content (AvgIpc) is 2.67. The smallest absolute Gasteiger partial charge is 0.270 e. The predicted molar refractivity (Wildman–Crippen MR) is 109 cm³/mol. The van der Waals surface area contributed by atoms with E-state index in [0.29, 0.717) is 17.0 Å². The van der Waals surface area contributed by atoms with E-state index < -0.39 is 23.9 Å². The number of ether oxygens (including phenoxy) is 1. The van der Waals surface area contributed by atoms with Gasteiger partial charge in [-0.05, 0) is 61.5 Å². The topological polar surface area (TPSA) is 98.8 Å². The number of benzene rings is 2. The van der Waals surface area contributed by atoms with Gasteiger partial charge in [0.05, 0.1) is 11.7 Å². The molecule has 1 heterocycles. The van der Waals surface area contributed by atoms with Crippen molar-refractivity contribution in [3.63, 3.8) is 0 Å². The molecule has 29 heavy (non-hydrogen) atoms. The molecule has 0 aliphatic carbocycles. The van der Waals surface area contributed by atoms with Crippen molar-refractivity contribution >= 4 is 46.9 Å². The number of carboxylic acids is 1. The number of nitrogens with one attached hydrogen (secondary N) is 1. The number of nitrogens with zero attached hydrogens (tertiary/aromatic N) is 1. The highest BCUT2D eigenvalue weighted by Crippen LogP contribution is 2.25. The molecule has 0 unspecified atom stereocenters. The molecule has 2 aromatic carbocycles. The molecule has 1 atom stereocenters. The molecule has 2 amide bonds. The number of hydrogen-bond donors (Lipinski definition) is 1. The van der Waals surface area contributed by atoms with Gasteiger partial charge in [0, 0.05) is 0 Å². The first-order valence-corrected chi connectivity index (χ1v) is 9.13. The summed E-state index contributed by atoms with van der Waals surface area (Å²) in [6, 6.07) is 13.5. The van der Waals surface area contributed by atoms with Crippen molar-refractivity contribution in [1.82, 2.24) is 5.32 Å². The van der Waals surface area contributed by atoms with Crippen LogP contribution in [0.2, 0.25) is 0 Å². The first-order chi connectivity index (χ1) is 13.8. The molecule has 1 aliphatic heterocycles. The van der Waals surface area contributed by atoms with Crippen LogP contribution < -0.4 is 20.1 Å². The Kier molecular flexibility index (Phi) is 5.74. The summed E-state index contributed by atoms with van der Waals surface area (Å²) >= 11 is 5.19. The van der Waals surface area contributed by atoms with Crippen LogP contribution >= 0.6 is 12.2 Å². The third-order valence-corrected chi connectivity index (χ3v) is 4.58. The lowest BCUT2D eigenvalue weighted by Crippen LogP contribution is -2.54. The van der Waals surface area contributed by atoms with E-state index in [0.717, 1.165) is 5.56 Å². The van der Waals surface area contributed by atoms with Crippen LogP contribution in [-0.4, -0.2) is 29.0 Å². The molecule has 148 valence electrons. The van der Waals surface area contributed by atoms with Gasteiger partial charge < -0.3 is 14.6 Å². The molecule has 1 fully saturated rings. The van der Waals surface area contributed by atoms with Gasteiger partial charge in [-0.2, -0.15) is 0 Å². The van der Waals surface area contributed by atoms with Gasteiger partial charge in [0.2, 0.25) is 0 Å². The van der Waals surface area contributed by atoms with Crippen LogP contribution in [0.5, 0.6) is 5.75 Å². The Morgan fingerprint density at radius 2 is 1.83 bits per heavy atom. The van der Waals surface area contributed by atoms with Crippen molar-refractivity contribution in [1.29, 1.82) is 0 Å². The van der Waals surface area contributed by atoms with Crippen LogP contribution in [-0.2, 0) is 14.4 Å². The van der Waals surface area contributed by atoms with Crippen molar-refractivity contribution < 1.29 is 24.2 Å². The first-order valence-electron chi connectivity index (χ1n) is 8.72. The summed E-state index contributed by atoms with van der Waals surface area (Å²) < 4.78 is 5.21. The maximum Gasteiger partial charge on any atom is 0.270 e. The maximum absolute atomic E-state index is 13.0. The van der Waals surface area contributed by atoms with E-state index in [9.17, 15) is 19.5 Å². The number of carbonyl (C=O) groups is 3. The molecular weight excluding hydrogens is 392 g/mol. The highest BCUT2D eigenvalue weighted by molar-refractivity contribution is 7.80. The SMILES string of the molecule is Cc1ccccc1N1C(=O)/C(=C\c2ccc(O[C@@H](C)C(=O)[O-])cc2)C(=O)NC1=S. The van der Waals surface area contributed by atoms with E-state index in [1.54, 1.807) is 36.4 Å². The number of aliphatic carboxylic acids is 1. The number of para-hydroxylation sites is 1. The summed E-state index contributed by atoms with van der Waals surface area (Å²) in [6.45, 7) is 3.21. The molecule has 1 N–H and O–H groups in total. The van der Waals surface area contributed by atoms with Gasteiger partial charge in [-0.15, -0.1) is 0 Å². The van der Waals surface area contributed by atoms with Gasteiger partial charge in [0.25, 0.3) is 11.8 Å². The minimum absolute atomic E-state index is 0.0199. The fourth-order valence-electron chi connectivity index (χ4n) is 2.75. The molecule has 3 rings (SSSR count). The van der Waals surface area contributed by atoms with Crippen molar-refractivity contribution in [3.05, 3.63) is 65.2 Å². The van der Waals surface area contributed by atoms with E-state index in [2.05, 4.69) is 5.32 Å². The van der Waals surface area contributed by atoms with Crippen molar-refractivity contribution in [3.8, 4) is 5.75 Å². The van der Waals surface area contributed by atoms with Crippen LogP contribution in [0.15, 0.2) is 54.1 Å². The Morgan fingerprint density at radius 1 is 1.17 bits per heavy atom. The molecule has 8 heteroatoms. The van der Waals surface area contributed by atoms with E-state index in [1.165, 1.54) is 17.9 Å². The Labute approximate surface area is 172 Å². The maximum atomic E-state index is 13.0. The van der Waals surface area contributed by atoms with Crippen LogP contribution in [0.4, 0.5) is 5.69 Å². The second-order valence-corrected chi connectivity index (χ2v) is 6.78. The number of hydrogen-bond acceptors (Lipinski definition) is 6. The van der Waals surface area contributed by atoms with Crippen molar-refractivity contribution in [2.45, 2.75) is 20.0 Å². The lowest BCUT2D eigenvalue weighted by Gasteiger charge is -2.30. The van der Waals surface area contributed by atoms with Crippen molar-refractivity contribution in [2.75, 3.05) is 4.90 Å². The Hall–Kier alpha value is -3.52. The second kappa shape index (κ2) is 8.24. The van der Waals surface area contributed by atoms with E-state index >= 15 is 0 Å². The zero-order valence-electron chi connectivity index (χ0n) is 15.7. The monoisotopic (exact) mass is 409 g/mol. The summed E-state index contributed by atoms with van der Waals surface area (Å²) in [5.74, 6) is -2.12. The number of thiocarbonyl (C=S) groups is 1. The largest absolute Gasteiger partial charge is 0.546 e. The average molecular weight is 409 g/mol. The molecule has 0 radical (unpaired) electrons. The Morgan fingerprint density at radius 3 is 2.45 bits per heavy atom. The summed E-state index contributed by atoms with van der Waals surface area (Å²) in [4.78, 5) is 37.4. The normalized spacial score (nSPS) is 16.6. The zero-order chi connectivity index (χ0) is 21.1. The minimum Gasteiger partial charge on any atom is -0.546 e. The van der Waals surface area contributed by atoms with Gasteiger partial charge >= 0.3 is 0 Å². The van der Waals surface area contributed by atoms with Crippen LogP contribution in [0.3, 0.4) is 0 Å². The summed E-state index contributed by atoms with van der Waals surface area (Å²) in [6.07, 6.45) is 0.338. The molecule has 7 nitrogen and oxygen atoms in total. The lowest BCUT2D eigenvalue weighted by molar-refractivity contribution is -0.312. The number of amides is 2. The van der Waals surface area contributed by atoms with Crippen molar-refractivity contribution in [2.24, 2.45) is 0 Å². The third kappa shape index (κ3) is 4.33. The molecular formula is C21H17N2O5S-. The van der Waals surface area contributed by atoms with Gasteiger partial charge in [-0.3, -0.25) is 19.8 Å². The fourth-order valence-corrected chi connectivity index (χ4v) is 3.03. The molecule has 0 aromatic heterocycles. The Balaban J connectivity index is 1.89. The van der Waals surface area contributed by atoms with E-state index in [4.69, 9.17) is 17.0 Å². The van der Waals surface area contributed by atoms with Gasteiger partial charge in [-0.1, -0.05) is 30.3 Å². The summed E-state index contributed by atoms with van der Waals surface area (Å²) in [5, 5.41) is 13.3. The number of anilines is 1. The lowest BCUT2D eigenvalue weighted by atomic mass is 10.1. The minimum atomic E-state index is -1.33. The number of rotatable bonds is 5. The standard InChI is InChI=1S/C21H18N2O5S/c1-12-5-3-4-6-17(12)23-19(25)16(18(24)22-21(23)29)11-14-7-9-15(10-8-14)28-13(2)20(26)27/h3-11,13H,1-2H3,(H,26,27)(H,22,24,29)/p-1/b16-11-/t13-/m0/s1. The van der Waals surface area contributed by atoms with Gasteiger partial charge in [-0.25, -0.2) is 0 Å². The third-order valence-electron chi connectivity index (χ3n) is 4.29. The van der Waals surface area contributed by atoms with Crippen LogP contribution in [0.25, 0.3) is 6.08 Å². The molecule has 0 saturated carbocycles. The number of carboxylic acid groups (broad SMARTS) is 1. The highest BCUT2D eigenvalue weighted by Gasteiger charge is 2.34. The molecule has 2 aromatic rings. The molecule has 1 saturated heterocycles. The highest BCUT2D eigenvalue weighted by atomic mass is 32.1. The van der Waals surface area contributed by atoms with Crippen LogP contribution in [0.1, 0.15) is 18.1 Å². The van der Waals surface area contributed by atoms with Gasteiger partial charge in [0.1, 0.15) is 17.4 Å². The van der Waals surface area contributed by atoms with E-state index in [1.807, 2.05) is 19.1 Å². The van der Waals surface area contributed by atoms with Crippen LogP contribution in [0, 0.1) is 6.92 Å². The molecule has 0 spiro atoms. The summed E-state index contributed by atoms with van der Waals surface area (Å²) in [5.41, 5.74) is 1.92. The Bertz CT molecular complexity index is 1030. The number of aryl methyl sites for hydroxylation is 1. The molecule has 0 bridgehead atoms.